The summed E-state index contributed by atoms with van der Waals surface area (Å²) in [6.07, 6.45) is 4.24. The lowest BCUT2D eigenvalue weighted by Crippen LogP contribution is -2.33. The van der Waals surface area contributed by atoms with Crippen LogP contribution in [0.4, 0.5) is 4.79 Å². The van der Waals surface area contributed by atoms with Crippen molar-refractivity contribution >= 4 is 28.0 Å². The van der Waals surface area contributed by atoms with E-state index in [1.807, 2.05) is 54.6 Å². The molecule has 0 aliphatic rings. The Labute approximate surface area is 144 Å². The molecule has 0 aliphatic heterocycles. The third-order valence-electron chi connectivity index (χ3n) is 3.20. The zero-order valence-corrected chi connectivity index (χ0v) is 14.5. The highest BCUT2D eigenvalue weighted by molar-refractivity contribution is 9.10. The van der Waals surface area contributed by atoms with Crippen molar-refractivity contribution < 1.29 is 9.53 Å². The highest BCUT2D eigenvalue weighted by Gasteiger charge is 1.98. The molecule has 2 rings (SSSR count). The molecule has 120 valence electrons. The van der Waals surface area contributed by atoms with Crippen molar-refractivity contribution in [3.05, 3.63) is 70.3 Å². The molecule has 0 aliphatic carbocycles. The van der Waals surface area contributed by atoms with E-state index in [0.29, 0.717) is 6.54 Å². The minimum Gasteiger partial charge on any atom is -0.497 e. The molecule has 5 heteroatoms. The van der Waals surface area contributed by atoms with Gasteiger partial charge in [-0.25, -0.2) is 4.79 Å². The lowest BCUT2D eigenvalue weighted by atomic mass is 10.1. The summed E-state index contributed by atoms with van der Waals surface area (Å²) in [6, 6.07) is 15.4. The molecule has 0 radical (unpaired) electrons. The standard InChI is InChI=1S/C18H19BrN2O2/c1-23-17-7-5-14(6-8-17)9-11-20-18(22)21-12-10-15-3-2-4-16(19)13-15/h2-8,10,12-13H,9,11H2,1H3,(H2,20,21,22)/b12-10+. The zero-order valence-electron chi connectivity index (χ0n) is 12.9. The number of hydrogen-bond donors (Lipinski definition) is 2. The zero-order chi connectivity index (χ0) is 16.5. The summed E-state index contributed by atoms with van der Waals surface area (Å²) >= 11 is 3.41. The molecule has 0 heterocycles. The van der Waals surface area contributed by atoms with Crippen LogP contribution in [-0.4, -0.2) is 19.7 Å². The summed E-state index contributed by atoms with van der Waals surface area (Å²) in [6.45, 7) is 0.572. The fraction of sp³-hybridized carbons (Fsp3) is 0.167. The van der Waals surface area contributed by atoms with Gasteiger partial charge in [-0.15, -0.1) is 0 Å². The minimum absolute atomic E-state index is 0.218. The predicted octanol–water partition coefficient (Wildman–Crippen LogP) is 3.97. The lowest BCUT2D eigenvalue weighted by Gasteiger charge is -2.06. The van der Waals surface area contributed by atoms with Crippen LogP contribution >= 0.6 is 15.9 Å². The number of nitrogens with one attached hydrogen (secondary N) is 2. The second-order valence-corrected chi connectivity index (χ2v) is 5.80. The van der Waals surface area contributed by atoms with E-state index in [9.17, 15) is 4.79 Å². The first-order chi connectivity index (χ1) is 11.2. The summed E-state index contributed by atoms with van der Waals surface area (Å²) in [7, 11) is 1.64. The molecule has 0 fully saturated rings. The maximum absolute atomic E-state index is 11.7. The Hall–Kier alpha value is -2.27. The normalized spacial score (nSPS) is 10.5. The van der Waals surface area contributed by atoms with E-state index in [0.717, 1.165) is 27.8 Å². The van der Waals surface area contributed by atoms with Crippen LogP contribution in [0.3, 0.4) is 0 Å². The number of halogens is 1. The van der Waals surface area contributed by atoms with Gasteiger partial charge in [-0.1, -0.05) is 40.2 Å². The Balaban J connectivity index is 1.70. The topological polar surface area (TPSA) is 50.4 Å². The van der Waals surface area contributed by atoms with E-state index in [-0.39, 0.29) is 6.03 Å². The molecule has 23 heavy (non-hydrogen) atoms. The molecule has 0 unspecified atom stereocenters. The van der Waals surface area contributed by atoms with Crippen molar-refractivity contribution in [3.63, 3.8) is 0 Å². The Kier molecular flexibility index (Phi) is 6.69. The monoisotopic (exact) mass is 374 g/mol. The van der Waals surface area contributed by atoms with Gasteiger partial charge in [0.25, 0.3) is 0 Å². The predicted molar refractivity (Wildman–Crippen MR) is 96.4 cm³/mol. The van der Waals surface area contributed by atoms with Gasteiger partial charge in [0.1, 0.15) is 5.75 Å². The maximum Gasteiger partial charge on any atom is 0.318 e. The largest absolute Gasteiger partial charge is 0.497 e. The lowest BCUT2D eigenvalue weighted by molar-refractivity contribution is 0.244. The quantitative estimate of drug-likeness (QED) is 0.803. The van der Waals surface area contributed by atoms with E-state index in [1.54, 1.807) is 13.3 Å². The van der Waals surface area contributed by atoms with Crippen LogP contribution in [-0.2, 0) is 6.42 Å². The fourth-order valence-electron chi connectivity index (χ4n) is 1.99. The summed E-state index contributed by atoms with van der Waals surface area (Å²) in [4.78, 5) is 11.7. The van der Waals surface area contributed by atoms with Crippen molar-refractivity contribution in [1.82, 2.24) is 10.6 Å². The first-order valence-electron chi connectivity index (χ1n) is 7.27. The van der Waals surface area contributed by atoms with Crippen LogP contribution in [0.1, 0.15) is 11.1 Å². The first kappa shape index (κ1) is 17.1. The van der Waals surface area contributed by atoms with Gasteiger partial charge < -0.3 is 15.4 Å². The minimum atomic E-state index is -0.218. The number of hydrogen-bond acceptors (Lipinski definition) is 2. The molecule has 2 amide bonds. The number of urea groups is 1. The second kappa shape index (κ2) is 9.00. The number of carbonyl (C=O) groups excluding carboxylic acids is 1. The van der Waals surface area contributed by atoms with E-state index < -0.39 is 0 Å². The summed E-state index contributed by atoms with van der Waals surface area (Å²) in [5.74, 6) is 0.831. The Morgan fingerprint density at radius 1 is 1.22 bits per heavy atom. The van der Waals surface area contributed by atoms with E-state index >= 15 is 0 Å². The first-order valence-corrected chi connectivity index (χ1v) is 8.06. The van der Waals surface area contributed by atoms with Gasteiger partial charge in [-0.05, 0) is 47.9 Å². The molecule has 2 aromatic carbocycles. The van der Waals surface area contributed by atoms with Gasteiger partial charge in [0, 0.05) is 17.2 Å². The van der Waals surface area contributed by atoms with Crippen LogP contribution in [0.2, 0.25) is 0 Å². The number of methoxy groups -OCH3 is 1. The van der Waals surface area contributed by atoms with Crippen LogP contribution in [0.15, 0.2) is 59.2 Å². The molecule has 0 saturated carbocycles. The van der Waals surface area contributed by atoms with Crippen LogP contribution < -0.4 is 15.4 Å². The van der Waals surface area contributed by atoms with E-state index in [4.69, 9.17) is 4.74 Å². The third kappa shape index (κ3) is 6.16. The van der Waals surface area contributed by atoms with E-state index in [1.165, 1.54) is 0 Å². The molecule has 2 N–H and O–H groups in total. The van der Waals surface area contributed by atoms with Crippen molar-refractivity contribution in [2.24, 2.45) is 0 Å². The summed E-state index contributed by atoms with van der Waals surface area (Å²) in [5, 5.41) is 5.50. The van der Waals surface area contributed by atoms with Gasteiger partial charge in [0.15, 0.2) is 0 Å². The summed E-state index contributed by atoms with van der Waals surface area (Å²) < 4.78 is 6.11. The van der Waals surface area contributed by atoms with Gasteiger partial charge in [0.2, 0.25) is 0 Å². The highest BCUT2D eigenvalue weighted by atomic mass is 79.9. The third-order valence-corrected chi connectivity index (χ3v) is 3.69. The summed E-state index contributed by atoms with van der Waals surface area (Å²) in [5.41, 5.74) is 2.16. The average molecular weight is 375 g/mol. The number of carbonyl (C=O) groups is 1. The molecule has 0 atom stereocenters. The van der Waals surface area contributed by atoms with Crippen molar-refractivity contribution in [2.75, 3.05) is 13.7 Å². The van der Waals surface area contributed by atoms with E-state index in [2.05, 4.69) is 26.6 Å². The fourth-order valence-corrected chi connectivity index (χ4v) is 2.40. The van der Waals surface area contributed by atoms with Gasteiger partial charge in [-0.3, -0.25) is 0 Å². The number of rotatable bonds is 6. The van der Waals surface area contributed by atoms with Crippen molar-refractivity contribution in [1.29, 1.82) is 0 Å². The van der Waals surface area contributed by atoms with Crippen LogP contribution in [0, 0.1) is 0 Å². The van der Waals surface area contributed by atoms with Gasteiger partial charge in [0.05, 0.1) is 7.11 Å². The SMILES string of the molecule is COc1ccc(CCNC(=O)N/C=C/c2cccc(Br)c2)cc1. The van der Waals surface area contributed by atoms with Crippen molar-refractivity contribution in [3.8, 4) is 5.75 Å². The Morgan fingerprint density at radius 2 is 2.00 bits per heavy atom. The molecule has 4 nitrogen and oxygen atoms in total. The molecule has 0 aromatic heterocycles. The Bertz CT molecular complexity index is 669. The molecular formula is C18H19BrN2O2. The number of amides is 2. The van der Waals surface area contributed by atoms with Crippen molar-refractivity contribution in [2.45, 2.75) is 6.42 Å². The van der Waals surface area contributed by atoms with Gasteiger partial charge >= 0.3 is 6.03 Å². The van der Waals surface area contributed by atoms with Crippen LogP contribution in [0.25, 0.3) is 6.08 Å². The maximum atomic E-state index is 11.7. The Morgan fingerprint density at radius 3 is 2.70 bits per heavy atom. The average Bonchev–Trinajstić information content (AvgIpc) is 2.55. The second-order valence-electron chi connectivity index (χ2n) is 4.89. The molecule has 0 saturated heterocycles. The highest BCUT2D eigenvalue weighted by Crippen LogP contribution is 2.12. The molecule has 2 aromatic rings. The number of benzene rings is 2. The molecular weight excluding hydrogens is 356 g/mol. The molecule has 0 spiro atoms. The van der Waals surface area contributed by atoms with Gasteiger partial charge in [-0.2, -0.15) is 0 Å². The van der Waals surface area contributed by atoms with Crippen LogP contribution in [0.5, 0.6) is 5.75 Å². The molecule has 0 bridgehead atoms. The number of ether oxygens (including phenoxy) is 1. The smallest absolute Gasteiger partial charge is 0.318 e.